The van der Waals surface area contributed by atoms with Gasteiger partial charge in [-0.05, 0) is 24.6 Å². The number of benzene rings is 2. The summed E-state index contributed by atoms with van der Waals surface area (Å²) in [5.41, 5.74) is 1.92. The first-order valence-corrected chi connectivity index (χ1v) is 7.86. The van der Waals surface area contributed by atoms with E-state index in [1.54, 1.807) is 7.11 Å². The maximum Gasteiger partial charge on any atom is 0.340 e. The Hall–Kier alpha value is -2.53. The molecule has 2 amide bonds. The smallest absolute Gasteiger partial charge is 0.340 e. The fraction of sp³-hybridized carbons (Fsp3) is 0.278. The zero-order chi connectivity index (χ0) is 15.8. The molecule has 0 unspecified atom stereocenters. The highest BCUT2D eigenvalue weighted by Crippen LogP contribution is 2.42. The number of methoxy groups -OCH3 is 1. The van der Waals surface area contributed by atoms with E-state index >= 15 is 0 Å². The molecule has 2 aromatic rings. The summed E-state index contributed by atoms with van der Waals surface area (Å²) < 4.78 is 5.54. The molecule has 5 heteroatoms. The van der Waals surface area contributed by atoms with Gasteiger partial charge in [-0.2, -0.15) is 5.01 Å². The van der Waals surface area contributed by atoms with Crippen LogP contribution in [0.3, 0.4) is 0 Å². The number of ether oxygens (including phenoxy) is 1. The highest BCUT2D eigenvalue weighted by Gasteiger charge is 2.48. The molecular weight excluding hydrogens is 290 g/mol. The Kier molecular flexibility index (Phi) is 3.42. The van der Waals surface area contributed by atoms with E-state index in [0.29, 0.717) is 0 Å². The molecule has 0 spiro atoms. The summed E-state index contributed by atoms with van der Waals surface area (Å²) in [7, 11) is 1.67. The second-order valence-electron chi connectivity index (χ2n) is 5.74. The monoisotopic (exact) mass is 309 g/mol. The highest BCUT2D eigenvalue weighted by molar-refractivity contribution is 5.94. The van der Waals surface area contributed by atoms with Gasteiger partial charge in [0.15, 0.2) is 0 Å². The lowest BCUT2D eigenvalue weighted by Crippen LogP contribution is -2.32. The number of hydrogen-bond donors (Lipinski definition) is 0. The Morgan fingerprint density at radius 2 is 1.74 bits per heavy atom. The number of amides is 2. The lowest BCUT2D eigenvalue weighted by Gasteiger charge is -2.29. The number of nitrogens with zero attached hydrogens (tertiary/aromatic N) is 3. The molecule has 2 aliphatic heterocycles. The van der Waals surface area contributed by atoms with Crippen molar-refractivity contribution in [2.75, 3.05) is 25.1 Å². The first-order chi connectivity index (χ1) is 11.3. The van der Waals surface area contributed by atoms with Crippen LogP contribution in [-0.4, -0.2) is 36.2 Å². The summed E-state index contributed by atoms with van der Waals surface area (Å²) >= 11 is 0. The summed E-state index contributed by atoms with van der Waals surface area (Å²) in [6, 6.07) is 17.8. The molecular formula is C18H19N3O2. The number of anilines is 1. The second-order valence-corrected chi connectivity index (χ2v) is 5.74. The molecule has 23 heavy (non-hydrogen) atoms. The predicted octanol–water partition coefficient (Wildman–Crippen LogP) is 3.26. The van der Waals surface area contributed by atoms with Crippen LogP contribution in [0, 0.1) is 0 Å². The molecule has 4 rings (SSSR count). The van der Waals surface area contributed by atoms with E-state index in [1.165, 1.54) is 0 Å². The van der Waals surface area contributed by atoms with E-state index in [-0.39, 0.29) is 12.2 Å². The van der Waals surface area contributed by atoms with E-state index in [9.17, 15) is 4.79 Å². The molecule has 0 aliphatic carbocycles. The third kappa shape index (κ3) is 2.16. The largest absolute Gasteiger partial charge is 0.496 e. The molecule has 2 heterocycles. The van der Waals surface area contributed by atoms with Crippen LogP contribution in [0.15, 0.2) is 54.6 Å². The molecule has 0 N–H and O–H groups in total. The Balaban J connectivity index is 1.84. The summed E-state index contributed by atoms with van der Waals surface area (Å²) in [4.78, 5) is 14.8. The number of hydrazine groups is 1. The number of fused-ring (bicyclic) bond motifs is 1. The van der Waals surface area contributed by atoms with Gasteiger partial charge in [0.25, 0.3) is 0 Å². The van der Waals surface area contributed by atoms with Crippen molar-refractivity contribution in [1.29, 1.82) is 0 Å². The maximum absolute atomic E-state index is 12.9. The summed E-state index contributed by atoms with van der Waals surface area (Å²) in [5.74, 6) is 0.806. The van der Waals surface area contributed by atoms with Gasteiger partial charge in [-0.1, -0.05) is 36.4 Å². The number of carbonyl (C=O) groups excluding carboxylic acids is 1. The molecule has 118 valence electrons. The van der Waals surface area contributed by atoms with Gasteiger partial charge in [0.2, 0.25) is 0 Å². The van der Waals surface area contributed by atoms with E-state index in [1.807, 2.05) is 64.5 Å². The van der Waals surface area contributed by atoms with Crippen LogP contribution < -0.4 is 9.64 Å². The third-order valence-electron chi connectivity index (χ3n) is 4.47. The Morgan fingerprint density at radius 1 is 1.00 bits per heavy atom. The van der Waals surface area contributed by atoms with Crippen LogP contribution in [0.1, 0.15) is 18.2 Å². The fourth-order valence-electron chi connectivity index (χ4n) is 3.47. The number of para-hydroxylation sites is 2. The molecule has 2 fully saturated rings. The van der Waals surface area contributed by atoms with Crippen LogP contribution in [0.5, 0.6) is 5.75 Å². The van der Waals surface area contributed by atoms with E-state index in [2.05, 4.69) is 5.01 Å². The van der Waals surface area contributed by atoms with Crippen LogP contribution in [0.2, 0.25) is 0 Å². The van der Waals surface area contributed by atoms with Gasteiger partial charge in [-0.15, -0.1) is 0 Å². The maximum atomic E-state index is 12.9. The molecule has 0 saturated carbocycles. The van der Waals surface area contributed by atoms with Crippen LogP contribution in [0.4, 0.5) is 10.5 Å². The predicted molar refractivity (Wildman–Crippen MR) is 88.1 cm³/mol. The van der Waals surface area contributed by atoms with Gasteiger partial charge in [-0.25, -0.2) is 4.79 Å². The van der Waals surface area contributed by atoms with Crippen molar-refractivity contribution in [3.63, 3.8) is 0 Å². The zero-order valence-electron chi connectivity index (χ0n) is 13.1. The van der Waals surface area contributed by atoms with Crippen molar-refractivity contribution < 1.29 is 9.53 Å². The SMILES string of the molecule is COc1ccccc1[C@H]1N(c2ccccc2)C(=O)N2CCCN12. The lowest BCUT2D eigenvalue weighted by atomic mass is 10.1. The first kappa shape index (κ1) is 14.1. The van der Waals surface area contributed by atoms with Gasteiger partial charge >= 0.3 is 6.03 Å². The number of carbonyl (C=O) groups is 1. The molecule has 2 aliphatic rings. The minimum atomic E-state index is -0.163. The van der Waals surface area contributed by atoms with E-state index in [0.717, 1.165) is 36.5 Å². The molecule has 2 aromatic carbocycles. The summed E-state index contributed by atoms with van der Waals surface area (Å²) in [6.45, 7) is 1.64. The van der Waals surface area contributed by atoms with E-state index in [4.69, 9.17) is 4.74 Å². The van der Waals surface area contributed by atoms with Gasteiger partial charge in [-0.3, -0.25) is 9.91 Å². The van der Waals surface area contributed by atoms with E-state index < -0.39 is 0 Å². The van der Waals surface area contributed by atoms with Crippen molar-refractivity contribution >= 4 is 11.7 Å². The van der Waals surface area contributed by atoms with Gasteiger partial charge in [0.05, 0.1) is 7.11 Å². The first-order valence-electron chi connectivity index (χ1n) is 7.86. The van der Waals surface area contributed by atoms with Crippen LogP contribution in [-0.2, 0) is 0 Å². The lowest BCUT2D eigenvalue weighted by molar-refractivity contribution is 0.0718. The van der Waals surface area contributed by atoms with Crippen molar-refractivity contribution in [1.82, 2.24) is 10.0 Å². The van der Waals surface area contributed by atoms with Gasteiger partial charge in [0.1, 0.15) is 11.9 Å². The van der Waals surface area contributed by atoms with Crippen molar-refractivity contribution in [2.45, 2.75) is 12.6 Å². The molecule has 0 radical (unpaired) electrons. The van der Waals surface area contributed by atoms with Crippen molar-refractivity contribution in [2.24, 2.45) is 0 Å². The zero-order valence-corrected chi connectivity index (χ0v) is 13.1. The minimum Gasteiger partial charge on any atom is -0.496 e. The topological polar surface area (TPSA) is 36.0 Å². The Morgan fingerprint density at radius 3 is 2.52 bits per heavy atom. The molecule has 0 aromatic heterocycles. The standard InChI is InChI=1S/C18H19N3O2/c1-23-16-11-6-5-10-15(16)17-19-12-7-13-20(19)18(22)21(17)14-8-3-2-4-9-14/h2-6,8-11,17H,7,12-13H2,1H3/t17-/m1/s1. The average Bonchev–Trinajstić information content (AvgIpc) is 3.18. The number of urea groups is 1. The number of hydrogen-bond acceptors (Lipinski definition) is 3. The minimum absolute atomic E-state index is 0.0320. The van der Waals surface area contributed by atoms with Crippen molar-refractivity contribution in [3.05, 3.63) is 60.2 Å². The molecule has 2 saturated heterocycles. The second kappa shape index (κ2) is 5.59. The Bertz CT molecular complexity index is 719. The van der Waals surface area contributed by atoms with Crippen molar-refractivity contribution in [3.8, 4) is 5.75 Å². The average molecular weight is 309 g/mol. The number of rotatable bonds is 3. The summed E-state index contributed by atoms with van der Waals surface area (Å²) in [6.07, 6.45) is 0.837. The molecule has 0 bridgehead atoms. The molecule has 5 nitrogen and oxygen atoms in total. The highest BCUT2D eigenvalue weighted by atomic mass is 16.5. The van der Waals surface area contributed by atoms with Crippen LogP contribution >= 0.6 is 0 Å². The van der Waals surface area contributed by atoms with Gasteiger partial charge < -0.3 is 4.74 Å². The quantitative estimate of drug-likeness (QED) is 0.873. The molecule has 1 atom stereocenters. The van der Waals surface area contributed by atoms with Gasteiger partial charge in [0, 0.05) is 24.3 Å². The third-order valence-corrected chi connectivity index (χ3v) is 4.47. The Labute approximate surface area is 135 Å². The summed E-state index contributed by atoms with van der Waals surface area (Å²) in [5, 5.41) is 4.00. The fourth-order valence-corrected chi connectivity index (χ4v) is 3.47. The van der Waals surface area contributed by atoms with Crippen LogP contribution in [0.25, 0.3) is 0 Å². The normalized spacial score (nSPS) is 20.9.